The van der Waals surface area contributed by atoms with Gasteiger partial charge in [0.05, 0.1) is 13.7 Å². The van der Waals surface area contributed by atoms with Gasteiger partial charge in [0.25, 0.3) is 0 Å². The Balaban J connectivity index is 0.000000160. The van der Waals surface area contributed by atoms with Crippen LogP contribution in [0.4, 0.5) is 0 Å². The second kappa shape index (κ2) is 52.2. The number of phenols is 1. The number of hydrogen-bond acceptors (Lipinski definition) is 8. The average Bonchev–Trinajstić information content (AvgIpc) is 1.32. The molecule has 15 rings (SSSR count). The van der Waals surface area contributed by atoms with E-state index in [0.717, 1.165) is 69.8 Å². The maximum absolute atomic E-state index is 12.9. The molecule has 0 spiro atoms. The van der Waals surface area contributed by atoms with Crippen LogP contribution in [0.3, 0.4) is 0 Å². The van der Waals surface area contributed by atoms with Crippen LogP contribution in [0.2, 0.25) is 0 Å². The molecule has 6 saturated heterocycles. The molecular formula is C105H145O8S7+7. The van der Waals surface area contributed by atoms with E-state index in [1.807, 2.05) is 115 Å². The zero-order valence-electron chi connectivity index (χ0n) is 74.6. The van der Waals surface area contributed by atoms with Crippen LogP contribution in [0.15, 0.2) is 210 Å². The zero-order chi connectivity index (χ0) is 85.5. The summed E-state index contributed by atoms with van der Waals surface area (Å²) in [6.07, 6.45) is 30.0. The summed E-state index contributed by atoms with van der Waals surface area (Å²) >= 11 is 0. The molecular weight excluding hydrogens is 1610 g/mol. The van der Waals surface area contributed by atoms with Crippen LogP contribution in [-0.4, -0.2) is 154 Å². The lowest BCUT2D eigenvalue weighted by atomic mass is 9.83. The van der Waals surface area contributed by atoms with Crippen molar-refractivity contribution in [2.75, 3.05) is 106 Å². The van der Waals surface area contributed by atoms with E-state index in [0.29, 0.717) is 72.5 Å². The number of fused-ring (bicyclic) bond motifs is 1. The van der Waals surface area contributed by atoms with Crippen molar-refractivity contribution < 1.29 is 38.6 Å². The summed E-state index contributed by atoms with van der Waals surface area (Å²) in [6.45, 7) is 20.3. The minimum atomic E-state index is -0.217. The highest BCUT2D eigenvalue weighted by Crippen LogP contribution is 2.39. The molecule has 6 aliphatic heterocycles. The summed E-state index contributed by atoms with van der Waals surface area (Å²) in [5.74, 6) is 24.0. The molecule has 8 nitrogen and oxygen atoms in total. The molecule has 0 aromatic heterocycles. The van der Waals surface area contributed by atoms with Crippen LogP contribution < -0.4 is 9.47 Å². The topological polar surface area (TPSA) is 124 Å². The van der Waals surface area contributed by atoms with E-state index in [-0.39, 0.29) is 52.7 Å². The van der Waals surface area contributed by atoms with Crippen LogP contribution in [0.5, 0.6) is 17.2 Å². The third-order valence-electron chi connectivity index (χ3n) is 24.2. The fourth-order valence-electron chi connectivity index (χ4n) is 16.5. The molecule has 1 saturated carbocycles. The molecule has 6 heterocycles. The largest absolute Gasteiger partial charge is 0.508 e. The smallest absolute Gasteiger partial charge is 0.217 e. The fourth-order valence-corrected chi connectivity index (χ4v) is 34.2. The highest BCUT2D eigenvalue weighted by atomic mass is 32.2. The quantitative estimate of drug-likeness (QED) is 0.0279. The molecule has 7 aliphatic rings. The van der Waals surface area contributed by atoms with Crippen molar-refractivity contribution in [3.8, 4) is 17.2 Å². The van der Waals surface area contributed by atoms with Gasteiger partial charge in [0.1, 0.15) is 97.8 Å². The van der Waals surface area contributed by atoms with E-state index >= 15 is 0 Å². The molecule has 8 aromatic rings. The third kappa shape index (κ3) is 30.5. The Morgan fingerprint density at radius 2 is 0.783 bits per heavy atom. The Morgan fingerprint density at radius 1 is 0.392 bits per heavy atom. The number of unbranched alkanes of at least 4 members (excludes halogenated alkanes) is 3. The first-order valence-corrected chi connectivity index (χ1v) is 56.6. The van der Waals surface area contributed by atoms with E-state index < -0.39 is 0 Å². The number of methoxy groups -OCH3 is 1. The summed E-state index contributed by atoms with van der Waals surface area (Å²) in [5, 5.41) is 11.8. The fraction of sp³-hybridized carbons (Fsp3) is 0.514. The van der Waals surface area contributed by atoms with Crippen molar-refractivity contribution in [1.82, 2.24) is 0 Å². The van der Waals surface area contributed by atoms with Crippen LogP contribution >= 0.6 is 0 Å². The highest BCUT2D eigenvalue weighted by molar-refractivity contribution is 8.00. The van der Waals surface area contributed by atoms with Crippen molar-refractivity contribution in [3.05, 3.63) is 234 Å². The summed E-state index contributed by atoms with van der Waals surface area (Å²) < 4.78 is 10.5. The molecule has 15 heteroatoms. The van der Waals surface area contributed by atoms with Gasteiger partial charge in [0, 0.05) is 93.1 Å². The average molecular weight is 1760 g/mol. The van der Waals surface area contributed by atoms with Gasteiger partial charge in [-0.3, -0.25) is 24.0 Å². The Bertz CT molecular complexity index is 4280. The number of phenolic OH excluding ortho intramolecular Hbond substituents is 1. The monoisotopic (exact) mass is 1760 g/mol. The molecule has 0 atom stereocenters. The standard InChI is InChI=1S/C20H29OS.C18H23OS.C16H25OS.C15H21O2S.C14H19OS.C12H15OS.C10H12OS/c1-20(2,22-14-6-7-15-22)19(21)18-12-10-17(11-13-18)16-8-4-3-5-9-16;1-2-3-12-19-17-10-11-18(20-13-6-7-14-20)16-9-5-4-8-15(16)17;1-3-5-12-18(13-6-4-2)14-16(17)15-10-8-7-9-11-15;1-15(2,18-10-4-5-11-18)14(16)12-6-8-13(17-3)9-7-12;1-14(2,16-10-6-7-11-16)13(15)12-8-4-3-5-9-12;13-12(10-14-8-4-5-9-14)11-6-2-1-3-7-11;11-9-3-5-10(6-4-9)12-7-1-2-8-12/h10-13,16H,3-9,14-15H2,1-2H3;4-5,8-11H,2-3,6-7,12-14H2,1H3;7-11H,3-6,12-14H2,1-2H3;6-9H,4-5,10-11H2,1-3H3;3-5,8-9H,6-7,10-11H2,1-2H3;1-3,6-7H,4-5,8-10H2;3-6H,1-2,7-8H2/q6*+1;/p+1. The number of aromatic hydroxyl groups is 1. The number of ether oxygens (including phenoxy) is 2. The van der Waals surface area contributed by atoms with Gasteiger partial charge in [0.15, 0.2) is 35.5 Å². The number of carbonyl (C=O) groups is 5. The first-order valence-electron chi connectivity index (χ1n) is 45.4. The molecule has 0 amide bonds. The molecule has 0 radical (unpaired) electrons. The summed E-state index contributed by atoms with van der Waals surface area (Å²) in [7, 11) is 4.08. The van der Waals surface area contributed by atoms with Gasteiger partial charge >= 0.3 is 0 Å². The molecule has 0 bridgehead atoms. The maximum atomic E-state index is 12.9. The molecule has 8 aromatic carbocycles. The molecule has 0 unspecified atom stereocenters. The number of hydrogen-bond donors (Lipinski definition) is 1. The van der Waals surface area contributed by atoms with Crippen LogP contribution in [0.25, 0.3) is 10.8 Å². The van der Waals surface area contributed by atoms with Gasteiger partial charge in [-0.2, -0.15) is 0 Å². The number of carbonyl (C=O) groups excluding carboxylic acids is 5. The highest BCUT2D eigenvalue weighted by Gasteiger charge is 2.50. The lowest BCUT2D eigenvalue weighted by Crippen LogP contribution is -2.41. The minimum absolute atomic E-state index is 0.169. The van der Waals surface area contributed by atoms with Crippen molar-refractivity contribution in [3.63, 3.8) is 0 Å². The first-order chi connectivity index (χ1) is 58.2. The van der Waals surface area contributed by atoms with Crippen LogP contribution in [0, 0.1) is 0 Å². The van der Waals surface area contributed by atoms with Crippen molar-refractivity contribution in [2.24, 2.45) is 0 Å². The van der Waals surface area contributed by atoms with Gasteiger partial charge in [-0.05, 0) is 251 Å². The lowest BCUT2D eigenvalue weighted by molar-refractivity contribution is 0.0949. The van der Waals surface area contributed by atoms with Crippen LogP contribution in [0.1, 0.15) is 273 Å². The number of benzene rings is 8. The Labute approximate surface area is 744 Å². The van der Waals surface area contributed by atoms with Gasteiger partial charge in [0.2, 0.25) is 28.9 Å². The lowest BCUT2D eigenvalue weighted by Gasteiger charge is -2.23. The minimum Gasteiger partial charge on any atom is -0.508 e. The van der Waals surface area contributed by atoms with E-state index in [1.165, 1.54) is 243 Å². The zero-order valence-corrected chi connectivity index (χ0v) is 80.3. The van der Waals surface area contributed by atoms with Gasteiger partial charge in [-0.15, -0.1) is 0 Å². The van der Waals surface area contributed by atoms with Gasteiger partial charge < -0.3 is 14.6 Å². The second-order valence-corrected chi connectivity index (χ2v) is 51.9. The molecule has 120 heavy (non-hydrogen) atoms. The Kier molecular flexibility index (Phi) is 42.7. The normalized spacial score (nSPS) is 16.9. The molecule has 1 aliphatic carbocycles. The van der Waals surface area contributed by atoms with Crippen molar-refractivity contribution in [2.45, 2.75) is 240 Å². The third-order valence-corrected chi connectivity index (χ3v) is 43.7. The van der Waals surface area contributed by atoms with Gasteiger partial charge in [-0.25, -0.2) is 0 Å². The van der Waals surface area contributed by atoms with E-state index in [9.17, 15) is 24.0 Å². The van der Waals surface area contributed by atoms with Gasteiger partial charge in [-0.1, -0.05) is 193 Å². The summed E-state index contributed by atoms with van der Waals surface area (Å²) in [5.41, 5.74) is 5.79. The van der Waals surface area contributed by atoms with Crippen molar-refractivity contribution in [1.29, 1.82) is 0 Å². The van der Waals surface area contributed by atoms with Crippen molar-refractivity contribution >= 4 is 116 Å². The number of ketones is 5. The molecule has 648 valence electrons. The number of rotatable bonds is 29. The van der Waals surface area contributed by atoms with E-state index in [1.54, 1.807) is 24.1 Å². The molecule has 7 fully saturated rings. The summed E-state index contributed by atoms with van der Waals surface area (Å²) in [4.78, 5) is 65.0. The SMILES string of the molecule is CC(C)(C(=O)c1ccc(C2CCCCC2)cc1)[S+]1CCCC1.CC(C)(C(=O)c1ccccc1)[S+]1CCCC1.CCCCOc1ccc([S+]2CCCC2)c2ccccc12.CCCC[S+](CCCC)CC(=O)c1ccccc1.COc1ccc(C(=O)C(C)(C)[S+]2CCCC2)cc1.O=C(C[S+]1CCCC1)c1ccccc1.Oc1ccc([S+]2CCCC2)cc1. The van der Waals surface area contributed by atoms with E-state index in [4.69, 9.17) is 14.6 Å². The number of Topliss-reactive ketones (excluding diaryl/α,β-unsaturated/α-hetero) is 5. The maximum Gasteiger partial charge on any atom is 0.217 e. The predicted octanol–water partition coefficient (Wildman–Crippen LogP) is 24.6. The van der Waals surface area contributed by atoms with Crippen LogP contribution in [-0.2, 0) is 76.3 Å². The molecule has 1 N–H and O–H groups in total. The van der Waals surface area contributed by atoms with E-state index in [2.05, 4.69) is 135 Å². The predicted molar refractivity (Wildman–Crippen MR) is 532 cm³/mol. The second-order valence-electron chi connectivity index (χ2n) is 34.2. The first kappa shape index (κ1) is 98.0. The Hall–Kier alpha value is -5.78. The summed E-state index contributed by atoms with van der Waals surface area (Å²) in [6, 6.07) is 66.2. The Morgan fingerprint density at radius 3 is 1.23 bits per heavy atom.